The lowest BCUT2D eigenvalue weighted by Crippen LogP contribution is -2.28. The summed E-state index contributed by atoms with van der Waals surface area (Å²) in [5.41, 5.74) is 0. The van der Waals surface area contributed by atoms with Crippen molar-refractivity contribution in [1.29, 1.82) is 0 Å². The van der Waals surface area contributed by atoms with E-state index in [0.29, 0.717) is 6.42 Å². The highest BCUT2D eigenvalue weighted by molar-refractivity contribution is 5.80. The van der Waals surface area contributed by atoms with E-state index in [1.165, 1.54) is 64.2 Å². The lowest BCUT2D eigenvalue weighted by atomic mass is 10.0. The zero-order valence-corrected chi connectivity index (χ0v) is 15.8. The first kappa shape index (κ1) is 23.6. The van der Waals surface area contributed by atoms with Gasteiger partial charge in [-0.25, -0.2) is 0 Å². The molecule has 0 aromatic carbocycles. The maximum atomic E-state index is 11.3. The van der Waals surface area contributed by atoms with Crippen molar-refractivity contribution in [3.05, 3.63) is 0 Å². The van der Waals surface area contributed by atoms with Crippen molar-refractivity contribution in [2.75, 3.05) is 6.54 Å². The van der Waals surface area contributed by atoms with E-state index in [1.54, 1.807) is 0 Å². The van der Waals surface area contributed by atoms with E-state index in [1.807, 2.05) is 0 Å². The third kappa shape index (κ3) is 20.6. The van der Waals surface area contributed by atoms with Crippen molar-refractivity contribution in [2.45, 2.75) is 103 Å². The molecule has 0 atom stereocenters. The van der Waals surface area contributed by atoms with Crippen molar-refractivity contribution in [3.8, 4) is 0 Å². The molecule has 5 nitrogen and oxygen atoms in total. The number of amides is 1. The van der Waals surface area contributed by atoms with Gasteiger partial charge >= 0.3 is 5.97 Å². The molecule has 0 saturated carbocycles. The molecule has 0 radical (unpaired) electrons. The minimum Gasteiger partial charge on any atom is -0.480 e. The van der Waals surface area contributed by atoms with Gasteiger partial charge in [0.05, 0.1) is 0 Å². The number of rotatable bonds is 19. The first-order valence-electron chi connectivity index (χ1n) is 10.1. The van der Waals surface area contributed by atoms with Crippen LogP contribution < -0.4 is 5.32 Å². The number of unbranched alkanes of at least 4 members (excludes halogenated alkanes) is 14. The van der Waals surface area contributed by atoms with E-state index < -0.39 is 5.97 Å². The highest BCUT2D eigenvalue weighted by Gasteiger charge is 2.03. The lowest BCUT2D eigenvalue weighted by molar-refractivity contribution is -0.137. The fourth-order valence-corrected chi connectivity index (χ4v) is 2.90. The summed E-state index contributed by atoms with van der Waals surface area (Å²) in [5.74, 6) is -1.16. The highest BCUT2D eigenvalue weighted by Crippen LogP contribution is 2.13. The quantitative estimate of drug-likeness (QED) is 0.261. The molecule has 0 heterocycles. The molecule has 0 spiro atoms. The Labute approximate surface area is 153 Å². The second-order valence-electron chi connectivity index (χ2n) is 6.83. The predicted molar refractivity (Wildman–Crippen MR) is 101 cm³/mol. The van der Waals surface area contributed by atoms with Crippen LogP contribution in [0.25, 0.3) is 0 Å². The molecule has 1 amide bonds. The van der Waals surface area contributed by atoms with Crippen LogP contribution in [-0.4, -0.2) is 29.8 Å². The van der Waals surface area contributed by atoms with Crippen molar-refractivity contribution < 1.29 is 19.5 Å². The SMILES string of the molecule is O=CCCCCCCCCCCCCCCCCC(=O)NCC(=O)O. The Balaban J connectivity index is 3.10. The summed E-state index contributed by atoms with van der Waals surface area (Å²) >= 11 is 0. The molecule has 0 rings (SSSR count). The van der Waals surface area contributed by atoms with E-state index in [0.717, 1.165) is 38.4 Å². The van der Waals surface area contributed by atoms with E-state index in [2.05, 4.69) is 5.32 Å². The third-order valence-corrected chi connectivity index (χ3v) is 4.41. The van der Waals surface area contributed by atoms with Crippen molar-refractivity contribution >= 4 is 18.2 Å². The summed E-state index contributed by atoms with van der Waals surface area (Å²) in [6.07, 6.45) is 19.2. The second kappa shape index (κ2) is 18.9. The smallest absolute Gasteiger partial charge is 0.322 e. The van der Waals surface area contributed by atoms with Crippen molar-refractivity contribution in [2.24, 2.45) is 0 Å². The van der Waals surface area contributed by atoms with Gasteiger partial charge in [0, 0.05) is 12.8 Å². The number of aliphatic carboxylic acids is 1. The van der Waals surface area contributed by atoms with Crippen LogP contribution in [0.15, 0.2) is 0 Å². The zero-order chi connectivity index (χ0) is 18.6. The molecule has 0 aliphatic carbocycles. The first-order valence-corrected chi connectivity index (χ1v) is 10.1. The molecule has 0 aliphatic rings. The van der Waals surface area contributed by atoms with E-state index in [9.17, 15) is 14.4 Å². The molecule has 0 aromatic heterocycles. The number of carboxylic acids is 1. The number of carboxylic acid groups (broad SMARTS) is 1. The van der Waals surface area contributed by atoms with Crippen molar-refractivity contribution in [1.82, 2.24) is 5.32 Å². The maximum absolute atomic E-state index is 11.3. The lowest BCUT2D eigenvalue weighted by Gasteiger charge is -2.04. The largest absolute Gasteiger partial charge is 0.480 e. The Hall–Kier alpha value is -1.39. The van der Waals surface area contributed by atoms with E-state index in [-0.39, 0.29) is 12.5 Å². The van der Waals surface area contributed by atoms with Gasteiger partial charge in [0.2, 0.25) is 5.91 Å². The highest BCUT2D eigenvalue weighted by atomic mass is 16.4. The predicted octanol–water partition coefficient (Wildman–Crippen LogP) is 4.63. The average molecular weight is 356 g/mol. The fourth-order valence-electron chi connectivity index (χ4n) is 2.90. The molecule has 25 heavy (non-hydrogen) atoms. The second-order valence-corrected chi connectivity index (χ2v) is 6.83. The maximum Gasteiger partial charge on any atom is 0.322 e. The Morgan fingerprint density at radius 3 is 1.48 bits per heavy atom. The Morgan fingerprint density at radius 2 is 1.08 bits per heavy atom. The molecule has 0 aliphatic heterocycles. The molecule has 0 fully saturated rings. The van der Waals surface area contributed by atoms with Crippen LogP contribution in [-0.2, 0) is 14.4 Å². The number of nitrogens with one attached hydrogen (secondary N) is 1. The van der Waals surface area contributed by atoms with Crippen LogP contribution in [0, 0.1) is 0 Å². The van der Waals surface area contributed by atoms with Gasteiger partial charge in [-0.3, -0.25) is 9.59 Å². The van der Waals surface area contributed by atoms with Gasteiger partial charge in [-0.1, -0.05) is 77.0 Å². The van der Waals surface area contributed by atoms with Gasteiger partial charge < -0.3 is 15.2 Å². The molecule has 2 N–H and O–H groups in total. The van der Waals surface area contributed by atoms with E-state index >= 15 is 0 Å². The number of carbonyl (C=O) groups excluding carboxylic acids is 2. The van der Waals surface area contributed by atoms with Crippen LogP contribution in [0.3, 0.4) is 0 Å². The summed E-state index contributed by atoms with van der Waals surface area (Å²) in [6, 6.07) is 0. The topological polar surface area (TPSA) is 83.5 Å². The summed E-state index contributed by atoms with van der Waals surface area (Å²) in [4.78, 5) is 31.8. The molecule has 146 valence electrons. The Kier molecular flexibility index (Phi) is 17.9. The molecule has 0 saturated heterocycles. The fraction of sp³-hybridized carbons (Fsp3) is 0.850. The van der Waals surface area contributed by atoms with Gasteiger partial charge in [0.1, 0.15) is 12.8 Å². The summed E-state index contributed by atoms with van der Waals surface area (Å²) in [7, 11) is 0. The average Bonchev–Trinajstić information content (AvgIpc) is 2.59. The summed E-state index contributed by atoms with van der Waals surface area (Å²) < 4.78 is 0. The summed E-state index contributed by atoms with van der Waals surface area (Å²) in [5, 5.41) is 10.8. The Bertz CT molecular complexity index is 345. The van der Waals surface area contributed by atoms with Gasteiger partial charge in [-0.05, 0) is 12.8 Å². The van der Waals surface area contributed by atoms with Gasteiger partial charge in [-0.15, -0.1) is 0 Å². The standard InChI is InChI=1S/C20H37NO4/c22-17-15-13-11-9-7-5-3-1-2-4-6-8-10-12-14-16-19(23)21-18-20(24)25/h17H,1-16,18H2,(H,21,23)(H,24,25). The molecular weight excluding hydrogens is 318 g/mol. The third-order valence-electron chi connectivity index (χ3n) is 4.41. The monoisotopic (exact) mass is 355 g/mol. The van der Waals surface area contributed by atoms with Gasteiger partial charge in [0.15, 0.2) is 0 Å². The van der Waals surface area contributed by atoms with Gasteiger partial charge in [0.25, 0.3) is 0 Å². The normalized spacial score (nSPS) is 10.6. The minimum absolute atomic E-state index is 0.161. The Morgan fingerprint density at radius 1 is 0.680 bits per heavy atom. The molecule has 5 heteroatoms. The van der Waals surface area contributed by atoms with Crippen LogP contribution in [0.2, 0.25) is 0 Å². The van der Waals surface area contributed by atoms with Gasteiger partial charge in [-0.2, -0.15) is 0 Å². The first-order chi connectivity index (χ1) is 12.2. The number of aldehydes is 1. The number of hydrogen-bond donors (Lipinski definition) is 2. The molecule has 0 bridgehead atoms. The van der Waals surface area contributed by atoms with Crippen molar-refractivity contribution in [3.63, 3.8) is 0 Å². The number of hydrogen-bond acceptors (Lipinski definition) is 3. The number of carbonyl (C=O) groups is 3. The van der Waals surface area contributed by atoms with Crippen LogP contribution in [0.1, 0.15) is 103 Å². The van der Waals surface area contributed by atoms with E-state index in [4.69, 9.17) is 5.11 Å². The minimum atomic E-state index is -0.997. The molecule has 0 aromatic rings. The zero-order valence-electron chi connectivity index (χ0n) is 15.8. The van der Waals surface area contributed by atoms with Crippen LogP contribution >= 0.6 is 0 Å². The summed E-state index contributed by atoms with van der Waals surface area (Å²) in [6.45, 7) is -0.279. The van der Waals surface area contributed by atoms with Crippen LogP contribution in [0.5, 0.6) is 0 Å². The molecular formula is C20H37NO4. The molecule has 0 unspecified atom stereocenters. The van der Waals surface area contributed by atoms with Crippen LogP contribution in [0.4, 0.5) is 0 Å².